The molecule has 1 aromatic carbocycles. The number of nitrogens with one attached hydrogen (secondary N) is 1. The zero-order valence-corrected chi connectivity index (χ0v) is 20.9. The van der Waals surface area contributed by atoms with Gasteiger partial charge in [-0.15, -0.1) is 4.40 Å². The van der Waals surface area contributed by atoms with E-state index in [1.54, 1.807) is 13.8 Å². The first kappa shape index (κ1) is 23.2. The summed E-state index contributed by atoms with van der Waals surface area (Å²) in [4.78, 5) is 2.08. The van der Waals surface area contributed by atoms with Gasteiger partial charge in [-0.2, -0.15) is 8.42 Å². The maximum Gasteiger partial charge on any atom is 0.348 e. The Bertz CT molecular complexity index is 1200. The summed E-state index contributed by atoms with van der Waals surface area (Å²) in [6.07, 6.45) is 7.35. The Kier molecular flexibility index (Phi) is 6.05. The lowest BCUT2D eigenvalue weighted by Gasteiger charge is -2.36. The molecule has 2 aliphatic carbocycles. The van der Waals surface area contributed by atoms with Crippen molar-refractivity contribution < 1.29 is 18.0 Å². The summed E-state index contributed by atoms with van der Waals surface area (Å²) >= 11 is 0. The average Bonchev–Trinajstić information content (AvgIpc) is 3.50. The van der Waals surface area contributed by atoms with Crippen LogP contribution in [-0.2, 0) is 35.9 Å². The van der Waals surface area contributed by atoms with E-state index in [0.717, 1.165) is 72.6 Å². The summed E-state index contributed by atoms with van der Waals surface area (Å²) in [5, 5.41) is 19.9. The Balaban J connectivity index is 1.50. The topological polar surface area (TPSA) is 114 Å². The third kappa shape index (κ3) is 4.17. The number of nitrogens with zero attached hydrogens (tertiary/aromatic N) is 4. The van der Waals surface area contributed by atoms with Gasteiger partial charge in [0, 0.05) is 17.8 Å². The van der Waals surface area contributed by atoms with Crippen LogP contribution >= 0.6 is 0 Å². The van der Waals surface area contributed by atoms with Crippen LogP contribution in [0.1, 0.15) is 59.2 Å². The number of anilines is 2. The van der Waals surface area contributed by atoms with Crippen LogP contribution in [0.3, 0.4) is 0 Å². The molecule has 1 atom stereocenters. The normalized spacial score (nSPS) is 20.9. The van der Waals surface area contributed by atoms with E-state index in [1.807, 2.05) is 7.05 Å². The number of hydrogen-bond donors (Lipinski definition) is 1. The number of amidine groups is 1. The predicted octanol–water partition coefficient (Wildman–Crippen LogP) is 2.24. The van der Waals surface area contributed by atoms with E-state index in [0.29, 0.717) is 24.2 Å². The minimum absolute atomic E-state index is 0.135. The monoisotopic (exact) mass is 486 g/mol. The Morgan fingerprint density at radius 1 is 1.18 bits per heavy atom. The van der Waals surface area contributed by atoms with Crippen molar-refractivity contribution in [2.45, 2.75) is 71.3 Å². The molecular weight excluding hydrogens is 454 g/mol. The van der Waals surface area contributed by atoms with Crippen LogP contribution in [0.25, 0.3) is 0 Å². The highest BCUT2D eigenvalue weighted by Gasteiger charge is 2.36. The van der Waals surface area contributed by atoms with Gasteiger partial charge in [-0.05, 0) is 101 Å². The standard InChI is InChI=1S/C24H33N5O4S/c1-15-16(2)26-33-23(15)29(19-9-6-12-28(3)14-19)34(31,32)27-24(30)25-22-20-10-4-7-17(20)13-18-8-5-11-21(18)22/h13,19H,4-12,14H2,1-3H3,(H2,25,27,30)/p-1. The molecule has 0 amide bonds. The van der Waals surface area contributed by atoms with E-state index in [2.05, 4.69) is 25.8 Å². The fraction of sp³-hybridized carbons (Fsp3) is 0.583. The number of benzene rings is 1. The zero-order chi connectivity index (χ0) is 24.0. The van der Waals surface area contributed by atoms with E-state index < -0.39 is 22.3 Å². The second kappa shape index (κ2) is 8.88. The minimum atomic E-state index is -4.37. The number of piperidine rings is 1. The van der Waals surface area contributed by atoms with Crippen LogP contribution in [0.5, 0.6) is 0 Å². The van der Waals surface area contributed by atoms with Gasteiger partial charge in [0.1, 0.15) is 0 Å². The molecule has 0 saturated carbocycles. The van der Waals surface area contributed by atoms with Gasteiger partial charge in [0.25, 0.3) is 0 Å². The molecule has 10 heteroatoms. The molecule has 34 heavy (non-hydrogen) atoms. The Hall–Kier alpha value is -2.59. The number of likely N-dealkylation sites (tertiary alicyclic amines) is 1. The second-order valence-corrected chi connectivity index (χ2v) is 11.3. The number of hydrogen-bond acceptors (Lipinski definition) is 6. The van der Waals surface area contributed by atoms with E-state index in [4.69, 9.17) is 4.52 Å². The zero-order valence-electron chi connectivity index (χ0n) is 20.1. The molecule has 0 bridgehead atoms. The summed E-state index contributed by atoms with van der Waals surface area (Å²) in [5.74, 6) is 0.135. The molecule has 0 radical (unpaired) electrons. The van der Waals surface area contributed by atoms with Crippen molar-refractivity contribution in [3.63, 3.8) is 0 Å². The quantitative estimate of drug-likeness (QED) is 0.509. The largest absolute Gasteiger partial charge is 0.845 e. The molecule has 1 unspecified atom stereocenters. The minimum Gasteiger partial charge on any atom is -0.845 e. The molecule has 0 spiro atoms. The third-order valence-corrected chi connectivity index (χ3v) is 8.77. The Labute approximate surface area is 201 Å². The molecular formula is C24H32N5O4S-. The number of aryl methyl sites for hydroxylation is 3. The molecule has 3 aliphatic rings. The van der Waals surface area contributed by atoms with Gasteiger partial charge in [-0.1, -0.05) is 11.2 Å². The highest BCUT2D eigenvalue weighted by molar-refractivity contribution is 7.91. The van der Waals surface area contributed by atoms with Gasteiger partial charge >= 0.3 is 10.2 Å². The van der Waals surface area contributed by atoms with E-state index in [9.17, 15) is 13.5 Å². The molecule has 184 valence electrons. The summed E-state index contributed by atoms with van der Waals surface area (Å²) in [6.45, 7) is 4.95. The fourth-order valence-electron chi connectivity index (χ4n) is 5.64. The van der Waals surface area contributed by atoms with E-state index >= 15 is 0 Å². The molecule has 1 aromatic heterocycles. The summed E-state index contributed by atoms with van der Waals surface area (Å²) in [6, 6.07) is 1.01. The molecule has 9 nitrogen and oxygen atoms in total. The van der Waals surface area contributed by atoms with Gasteiger partial charge in [-0.3, -0.25) is 0 Å². The van der Waals surface area contributed by atoms with E-state index in [1.165, 1.54) is 11.1 Å². The maximum atomic E-state index is 13.6. The van der Waals surface area contributed by atoms with Gasteiger partial charge in [0.2, 0.25) is 5.88 Å². The first-order valence-corrected chi connectivity index (χ1v) is 13.5. The molecule has 2 heterocycles. The van der Waals surface area contributed by atoms with Crippen molar-refractivity contribution in [3.8, 4) is 0 Å². The van der Waals surface area contributed by atoms with Crippen molar-refractivity contribution >= 4 is 27.8 Å². The first-order valence-electron chi connectivity index (χ1n) is 12.1. The van der Waals surface area contributed by atoms with E-state index in [-0.39, 0.29) is 5.88 Å². The summed E-state index contributed by atoms with van der Waals surface area (Å²) < 4.78 is 37.4. The van der Waals surface area contributed by atoms with Crippen molar-refractivity contribution in [2.24, 2.45) is 4.40 Å². The number of fused-ring (bicyclic) bond motifs is 2. The van der Waals surface area contributed by atoms with Crippen molar-refractivity contribution in [1.29, 1.82) is 0 Å². The first-order chi connectivity index (χ1) is 16.2. The Morgan fingerprint density at radius 2 is 1.85 bits per heavy atom. The highest BCUT2D eigenvalue weighted by Crippen LogP contribution is 2.38. The average molecular weight is 487 g/mol. The highest BCUT2D eigenvalue weighted by atomic mass is 32.2. The van der Waals surface area contributed by atoms with Crippen LogP contribution in [0.4, 0.5) is 11.6 Å². The molecule has 2 aromatic rings. The van der Waals surface area contributed by atoms with Crippen LogP contribution in [0, 0.1) is 13.8 Å². The molecule has 1 fully saturated rings. The molecule has 5 rings (SSSR count). The van der Waals surface area contributed by atoms with Gasteiger partial charge < -0.3 is 19.8 Å². The molecule has 1 saturated heterocycles. The van der Waals surface area contributed by atoms with Crippen LogP contribution in [0.15, 0.2) is 15.0 Å². The van der Waals surface area contributed by atoms with Gasteiger partial charge in [0.15, 0.2) is 0 Å². The molecule has 1 N–H and O–H groups in total. The maximum absolute atomic E-state index is 13.6. The Morgan fingerprint density at radius 3 is 2.44 bits per heavy atom. The smallest absolute Gasteiger partial charge is 0.348 e. The summed E-state index contributed by atoms with van der Waals surface area (Å²) in [5.41, 5.74) is 6.81. The second-order valence-electron chi connectivity index (χ2n) is 9.79. The fourth-order valence-corrected chi connectivity index (χ4v) is 6.92. The number of likely N-dealkylation sites (N-methyl/N-ethyl adjacent to an activating group) is 1. The van der Waals surface area contributed by atoms with Crippen molar-refractivity contribution in [2.75, 3.05) is 29.8 Å². The number of aromatic nitrogens is 1. The van der Waals surface area contributed by atoms with Gasteiger partial charge in [0.05, 0.1) is 17.8 Å². The number of rotatable bonds is 5. The van der Waals surface area contributed by atoms with Crippen molar-refractivity contribution in [3.05, 3.63) is 39.6 Å². The predicted molar refractivity (Wildman–Crippen MR) is 129 cm³/mol. The lowest BCUT2D eigenvalue weighted by atomic mass is 9.99. The SMILES string of the molecule is Cc1noc(N(C2CCCN(C)C2)S(=O)(=O)/N=C(\[O-])Nc2c3c(cc4c2CCC4)CCC3)c1C. The van der Waals surface area contributed by atoms with Crippen LogP contribution in [-0.4, -0.2) is 50.7 Å². The van der Waals surface area contributed by atoms with Gasteiger partial charge in [-0.25, -0.2) is 4.31 Å². The molecule has 1 aliphatic heterocycles. The van der Waals surface area contributed by atoms with Crippen LogP contribution in [0.2, 0.25) is 0 Å². The summed E-state index contributed by atoms with van der Waals surface area (Å²) in [7, 11) is -2.42. The van der Waals surface area contributed by atoms with Crippen LogP contribution < -0.4 is 14.7 Å². The third-order valence-electron chi connectivity index (χ3n) is 7.42. The lowest BCUT2D eigenvalue weighted by Crippen LogP contribution is -2.49. The lowest BCUT2D eigenvalue weighted by molar-refractivity contribution is -0.213. The van der Waals surface area contributed by atoms with Crippen molar-refractivity contribution in [1.82, 2.24) is 10.1 Å².